The van der Waals surface area contributed by atoms with Crippen LogP contribution in [0.1, 0.15) is 85.1 Å². The molecule has 2 bridgehead atoms. The molecule has 4 heterocycles. The van der Waals surface area contributed by atoms with Crippen molar-refractivity contribution < 1.29 is 28.0 Å². The van der Waals surface area contributed by atoms with E-state index in [0.717, 1.165) is 68.3 Å². The Balaban J connectivity index is 1.12. The van der Waals surface area contributed by atoms with Crippen molar-refractivity contribution in [1.82, 2.24) is 15.1 Å². The summed E-state index contributed by atoms with van der Waals surface area (Å²) >= 11 is 0. The number of anilines is 1. The number of likely N-dealkylation sites (tertiary alicyclic amines) is 1. The third-order valence-corrected chi connectivity index (χ3v) is 10.1. The van der Waals surface area contributed by atoms with E-state index in [9.17, 15) is 23.6 Å². The molecule has 3 fully saturated rings. The molecule has 2 aromatic carbocycles. The first kappa shape index (κ1) is 28.8. The second-order valence-electron chi connectivity index (χ2n) is 13.7. The minimum atomic E-state index is -1.09. The molecule has 0 spiro atoms. The highest BCUT2D eigenvalue weighted by Crippen LogP contribution is 2.44. The topological polar surface area (TPSA) is 90.0 Å². The first-order valence-electron chi connectivity index (χ1n) is 15.5. The van der Waals surface area contributed by atoms with Gasteiger partial charge in [-0.2, -0.15) is 0 Å². The molecule has 8 nitrogen and oxygen atoms in total. The van der Waals surface area contributed by atoms with Gasteiger partial charge in [0.2, 0.25) is 11.8 Å². The number of hydrogen-bond donors (Lipinski definition) is 1. The van der Waals surface area contributed by atoms with Crippen LogP contribution in [-0.4, -0.2) is 71.2 Å². The van der Waals surface area contributed by atoms with Crippen LogP contribution in [0.25, 0.3) is 5.57 Å². The highest BCUT2D eigenvalue weighted by molar-refractivity contribution is 6.23. The quantitative estimate of drug-likeness (QED) is 0.500. The van der Waals surface area contributed by atoms with E-state index in [4.69, 9.17) is 0 Å². The number of carbonyl (C=O) groups excluding carboxylic acids is 4. The molecule has 2 aromatic rings. The molecule has 0 aromatic heterocycles. The SMILES string of the molecule is CC1(C)CCC(CN2CC3CCC(C2)N3c2cc3c(cc2F)C(=O)N(C2CCC(=O)NC2=O)C3=O)=C(c2ccc(F)cc2)C1. The maximum Gasteiger partial charge on any atom is 0.262 e. The number of nitrogens with zero attached hydrogens (tertiary/aromatic N) is 3. The number of rotatable bonds is 5. The molecule has 3 saturated heterocycles. The summed E-state index contributed by atoms with van der Waals surface area (Å²) in [5.41, 5.74) is 4.27. The fourth-order valence-corrected chi connectivity index (χ4v) is 7.92. The van der Waals surface area contributed by atoms with Crippen molar-refractivity contribution in [3.63, 3.8) is 0 Å². The summed E-state index contributed by atoms with van der Waals surface area (Å²) in [6, 6.07) is 8.41. The van der Waals surface area contributed by atoms with Gasteiger partial charge in [-0.1, -0.05) is 31.6 Å². The Morgan fingerprint density at radius 3 is 2.20 bits per heavy atom. The number of hydrogen-bond acceptors (Lipinski definition) is 6. The number of piperazine rings is 1. The lowest BCUT2D eigenvalue weighted by molar-refractivity contribution is -0.136. The zero-order valence-electron chi connectivity index (χ0n) is 25.0. The second-order valence-corrected chi connectivity index (χ2v) is 13.7. The van der Waals surface area contributed by atoms with Crippen LogP contribution in [0.15, 0.2) is 42.0 Å². The van der Waals surface area contributed by atoms with Crippen molar-refractivity contribution in [1.29, 1.82) is 0 Å². The van der Waals surface area contributed by atoms with Gasteiger partial charge in [-0.15, -0.1) is 0 Å². The van der Waals surface area contributed by atoms with Crippen molar-refractivity contribution in [3.8, 4) is 0 Å². The zero-order valence-corrected chi connectivity index (χ0v) is 25.0. The molecule has 7 rings (SSSR count). The number of nitrogens with one attached hydrogen (secondary N) is 1. The van der Waals surface area contributed by atoms with Gasteiger partial charge in [0.05, 0.1) is 16.8 Å². The Hall–Kier alpha value is -3.92. The Bertz CT molecular complexity index is 1600. The first-order chi connectivity index (χ1) is 21.0. The van der Waals surface area contributed by atoms with Crippen LogP contribution in [0.4, 0.5) is 14.5 Å². The smallest absolute Gasteiger partial charge is 0.262 e. The molecule has 1 aliphatic carbocycles. The van der Waals surface area contributed by atoms with Crippen molar-refractivity contribution in [2.75, 3.05) is 24.5 Å². The third kappa shape index (κ3) is 4.93. The fourth-order valence-electron chi connectivity index (χ4n) is 7.92. The van der Waals surface area contributed by atoms with E-state index >= 15 is 4.39 Å². The second kappa shape index (κ2) is 10.6. The van der Waals surface area contributed by atoms with Crippen molar-refractivity contribution >= 4 is 34.9 Å². The number of allylic oxidation sites excluding steroid dienone is 1. The van der Waals surface area contributed by atoms with Gasteiger partial charge in [0.1, 0.15) is 17.7 Å². The average molecular weight is 603 g/mol. The monoisotopic (exact) mass is 602 g/mol. The number of amides is 4. The molecular weight excluding hydrogens is 566 g/mol. The summed E-state index contributed by atoms with van der Waals surface area (Å²) in [7, 11) is 0. The average Bonchev–Trinajstić information content (AvgIpc) is 3.37. The predicted molar refractivity (Wildman–Crippen MR) is 160 cm³/mol. The molecule has 4 aliphatic heterocycles. The summed E-state index contributed by atoms with van der Waals surface area (Å²) in [4.78, 5) is 56.0. The standard InChI is InChI=1S/C34H36F2N4O4/c1-34(2)12-11-20(26(15-34)19-3-5-21(35)6-4-19)16-38-17-22-7-8-23(18-38)39(22)29-14-25-24(13-27(29)36)32(43)40(33(25)44)28-9-10-30(41)37-31(28)42/h3-6,13-14,22-23,28H,7-12,15-18H2,1-2H3,(H,37,41,42). The fraction of sp³-hybridized carbons (Fsp3) is 0.471. The van der Waals surface area contributed by atoms with Gasteiger partial charge < -0.3 is 4.90 Å². The highest BCUT2D eigenvalue weighted by Gasteiger charge is 2.47. The number of halogens is 2. The van der Waals surface area contributed by atoms with Crippen LogP contribution >= 0.6 is 0 Å². The minimum absolute atomic E-state index is 0.0249. The van der Waals surface area contributed by atoms with Crippen molar-refractivity contribution in [3.05, 3.63) is 70.3 Å². The summed E-state index contributed by atoms with van der Waals surface area (Å²) < 4.78 is 29.4. The maximum atomic E-state index is 15.7. The first-order valence-corrected chi connectivity index (χ1v) is 15.5. The van der Waals surface area contributed by atoms with E-state index in [1.165, 1.54) is 29.3 Å². The van der Waals surface area contributed by atoms with Gasteiger partial charge in [0.15, 0.2) is 0 Å². The highest BCUT2D eigenvalue weighted by atomic mass is 19.1. The van der Waals surface area contributed by atoms with Crippen LogP contribution in [0.2, 0.25) is 0 Å². The number of imide groups is 2. The summed E-state index contributed by atoms with van der Waals surface area (Å²) in [6.07, 6.45) is 4.86. The van der Waals surface area contributed by atoms with Gasteiger partial charge >= 0.3 is 0 Å². The zero-order chi connectivity index (χ0) is 30.9. The van der Waals surface area contributed by atoms with Crippen LogP contribution in [0.3, 0.4) is 0 Å². The van der Waals surface area contributed by atoms with E-state index in [1.807, 2.05) is 12.1 Å². The molecule has 0 radical (unpaired) electrons. The number of carbonyl (C=O) groups is 4. The predicted octanol–water partition coefficient (Wildman–Crippen LogP) is 4.68. The molecule has 3 atom stereocenters. The van der Waals surface area contributed by atoms with E-state index in [2.05, 4.69) is 29.0 Å². The van der Waals surface area contributed by atoms with Crippen molar-refractivity contribution in [2.45, 2.75) is 76.9 Å². The number of benzene rings is 2. The van der Waals surface area contributed by atoms with Gasteiger partial charge in [-0.3, -0.25) is 34.3 Å². The van der Waals surface area contributed by atoms with E-state index in [0.29, 0.717) is 5.69 Å². The molecule has 4 amide bonds. The maximum absolute atomic E-state index is 15.7. The molecule has 230 valence electrons. The van der Waals surface area contributed by atoms with E-state index in [-0.39, 0.29) is 47.3 Å². The van der Waals surface area contributed by atoms with Gasteiger partial charge in [0, 0.05) is 38.1 Å². The lowest BCUT2D eigenvalue weighted by Gasteiger charge is -2.44. The normalized spacial score (nSPS) is 26.9. The lowest BCUT2D eigenvalue weighted by atomic mass is 9.72. The van der Waals surface area contributed by atoms with Crippen LogP contribution in [0, 0.1) is 17.0 Å². The van der Waals surface area contributed by atoms with E-state index in [1.54, 1.807) is 0 Å². The molecule has 3 unspecified atom stereocenters. The Labute approximate surface area is 255 Å². The Morgan fingerprint density at radius 1 is 0.886 bits per heavy atom. The minimum Gasteiger partial charge on any atom is -0.361 e. The molecule has 10 heteroatoms. The molecule has 0 saturated carbocycles. The summed E-state index contributed by atoms with van der Waals surface area (Å²) in [6.45, 7) is 6.85. The summed E-state index contributed by atoms with van der Waals surface area (Å²) in [5.74, 6) is -3.28. The third-order valence-electron chi connectivity index (χ3n) is 10.1. The lowest BCUT2D eigenvalue weighted by Crippen LogP contribution is -2.54. The number of piperidine rings is 1. The van der Waals surface area contributed by atoms with Crippen molar-refractivity contribution in [2.24, 2.45) is 5.41 Å². The molecular formula is C34H36F2N4O4. The largest absolute Gasteiger partial charge is 0.361 e. The van der Waals surface area contributed by atoms with Crippen LogP contribution in [-0.2, 0) is 9.59 Å². The summed E-state index contributed by atoms with van der Waals surface area (Å²) in [5, 5.41) is 2.19. The number of fused-ring (bicyclic) bond motifs is 3. The van der Waals surface area contributed by atoms with Gasteiger partial charge in [0.25, 0.3) is 11.8 Å². The van der Waals surface area contributed by atoms with Crippen LogP contribution in [0.5, 0.6) is 0 Å². The van der Waals surface area contributed by atoms with Gasteiger partial charge in [-0.25, -0.2) is 8.78 Å². The Morgan fingerprint density at radius 2 is 1.55 bits per heavy atom. The van der Waals surface area contributed by atoms with E-state index < -0.39 is 35.5 Å². The molecule has 44 heavy (non-hydrogen) atoms. The Kier molecular flexibility index (Phi) is 6.95. The van der Waals surface area contributed by atoms with Gasteiger partial charge in [-0.05, 0) is 79.3 Å². The van der Waals surface area contributed by atoms with Crippen LogP contribution < -0.4 is 10.2 Å². The molecule has 5 aliphatic rings. The molecule has 1 N–H and O–H groups in total.